The van der Waals surface area contributed by atoms with Crippen LogP contribution in [0.2, 0.25) is 0 Å². The molecule has 1 unspecified atom stereocenters. The summed E-state index contributed by atoms with van der Waals surface area (Å²) in [6.07, 6.45) is 0.679. The maximum Gasteiger partial charge on any atom is 0.416 e. The number of anilines is 1. The zero-order valence-electron chi connectivity index (χ0n) is 19.9. The highest BCUT2D eigenvalue weighted by atomic mass is 19.4. The second-order valence-electron chi connectivity index (χ2n) is 10.1. The maximum absolute atomic E-state index is 13.1. The number of carbonyl (C=O) groups excluding carboxylic acids is 1. The first-order chi connectivity index (χ1) is 16.2. The Morgan fingerprint density at radius 1 is 1.18 bits per heavy atom. The van der Waals surface area contributed by atoms with Crippen molar-refractivity contribution in [2.24, 2.45) is 5.41 Å². The second-order valence-corrected chi connectivity index (χ2v) is 10.1. The van der Waals surface area contributed by atoms with Crippen molar-refractivity contribution in [2.75, 3.05) is 57.9 Å². The van der Waals surface area contributed by atoms with E-state index in [1.807, 2.05) is 9.80 Å². The molecule has 1 aliphatic carbocycles. The normalized spacial score (nSPS) is 24.4. The van der Waals surface area contributed by atoms with Crippen LogP contribution in [-0.2, 0) is 15.7 Å². The molecule has 1 amide bonds. The Morgan fingerprint density at radius 3 is 2.65 bits per heavy atom. The summed E-state index contributed by atoms with van der Waals surface area (Å²) in [6.45, 7) is 4.38. The number of hydrogen-bond acceptors (Lipinski definition) is 5. The number of carbonyl (C=O) groups is 1. The molecule has 2 atom stereocenters. The van der Waals surface area contributed by atoms with Crippen molar-refractivity contribution in [1.82, 2.24) is 9.80 Å². The lowest BCUT2D eigenvalue weighted by Crippen LogP contribution is -2.46. The highest BCUT2D eigenvalue weighted by molar-refractivity contribution is 5.78. The molecule has 2 aliphatic heterocycles. The van der Waals surface area contributed by atoms with E-state index in [2.05, 4.69) is 4.90 Å². The van der Waals surface area contributed by atoms with Crippen LogP contribution in [0, 0.1) is 5.41 Å². The molecule has 34 heavy (non-hydrogen) atoms. The van der Waals surface area contributed by atoms with E-state index in [1.54, 1.807) is 13.2 Å². The summed E-state index contributed by atoms with van der Waals surface area (Å²) in [5.74, 6) is 0.0144. The van der Waals surface area contributed by atoms with E-state index in [0.29, 0.717) is 31.9 Å². The van der Waals surface area contributed by atoms with Crippen molar-refractivity contribution < 1.29 is 27.8 Å². The number of nitrogens with zero attached hydrogens (tertiary/aromatic N) is 3. The summed E-state index contributed by atoms with van der Waals surface area (Å²) < 4.78 is 44.8. The zero-order chi connectivity index (χ0) is 24.3. The lowest BCUT2D eigenvalue weighted by Gasteiger charge is -2.37. The average molecular weight is 484 g/mol. The van der Waals surface area contributed by atoms with Gasteiger partial charge in [0.1, 0.15) is 0 Å². The number of likely N-dealkylation sites (tertiary alicyclic amines) is 1. The lowest BCUT2D eigenvalue weighted by atomic mass is 9.90. The molecule has 9 heteroatoms. The molecule has 3 aliphatic rings. The van der Waals surface area contributed by atoms with E-state index in [0.717, 1.165) is 63.9 Å². The van der Waals surface area contributed by atoms with Crippen molar-refractivity contribution in [1.29, 1.82) is 0 Å². The van der Waals surface area contributed by atoms with Gasteiger partial charge in [-0.25, -0.2) is 0 Å². The van der Waals surface area contributed by atoms with Gasteiger partial charge in [-0.15, -0.1) is 0 Å². The zero-order valence-corrected chi connectivity index (χ0v) is 19.9. The van der Waals surface area contributed by atoms with Crippen LogP contribution in [0.4, 0.5) is 18.9 Å². The highest BCUT2D eigenvalue weighted by Gasteiger charge is 2.51. The Labute approximate surface area is 199 Å². The summed E-state index contributed by atoms with van der Waals surface area (Å²) in [4.78, 5) is 19.0. The van der Waals surface area contributed by atoms with Gasteiger partial charge < -0.3 is 24.5 Å². The number of rotatable bonds is 8. The predicted octanol–water partition coefficient (Wildman–Crippen LogP) is 3.39. The van der Waals surface area contributed by atoms with Gasteiger partial charge in [0.15, 0.2) is 0 Å². The molecule has 0 radical (unpaired) electrons. The van der Waals surface area contributed by atoms with Crippen LogP contribution in [0.1, 0.15) is 44.1 Å². The van der Waals surface area contributed by atoms with Crippen LogP contribution < -0.4 is 4.90 Å². The van der Waals surface area contributed by atoms with E-state index in [-0.39, 0.29) is 29.9 Å². The number of methoxy groups -OCH3 is 1. The van der Waals surface area contributed by atoms with Crippen LogP contribution in [0.5, 0.6) is 0 Å². The van der Waals surface area contributed by atoms with Gasteiger partial charge in [-0.1, -0.05) is 6.07 Å². The van der Waals surface area contributed by atoms with Gasteiger partial charge in [-0.3, -0.25) is 4.79 Å². The predicted molar refractivity (Wildman–Crippen MR) is 124 cm³/mol. The smallest absolute Gasteiger partial charge is 0.391 e. The third kappa shape index (κ3) is 5.86. The Morgan fingerprint density at radius 2 is 1.97 bits per heavy atom. The number of β-amino-alcohol motifs (C(OH)–C–C–N with tert-alkyl or cyclic N) is 1. The molecule has 1 aromatic carbocycles. The van der Waals surface area contributed by atoms with E-state index < -0.39 is 11.7 Å². The molecule has 190 valence electrons. The third-order valence-corrected chi connectivity index (χ3v) is 7.83. The minimum atomic E-state index is -4.39. The minimum Gasteiger partial charge on any atom is -0.391 e. The third-order valence-electron chi connectivity index (χ3n) is 7.83. The fourth-order valence-corrected chi connectivity index (χ4v) is 5.46. The Kier molecular flexibility index (Phi) is 7.74. The first-order valence-corrected chi connectivity index (χ1v) is 12.3. The first kappa shape index (κ1) is 25.3. The lowest BCUT2D eigenvalue weighted by molar-refractivity contribution is -0.137. The number of halogens is 3. The summed E-state index contributed by atoms with van der Waals surface area (Å²) in [6, 6.07) is 5.24. The Balaban J connectivity index is 1.32. The van der Waals surface area contributed by atoms with Crippen LogP contribution in [0.15, 0.2) is 24.3 Å². The second kappa shape index (κ2) is 10.4. The highest BCUT2D eigenvalue weighted by Crippen LogP contribution is 2.53. The van der Waals surface area contributed by atoms with E-state index in [1.165, 1.54) is 6.07 Å². The molecule has 3 fully saturated rings. The van der Waals surface area contributed by atoms with Crippen molar-refractivity contribution in [2.45, 2.75) is 56.8 Å². The molecule has 1 N–H and O–H groups in total. The molecule has 1 aromatic rings. The summed E-state index contributed by atoms with van der Waals surface area (Å²) in [7, 11) is 1.63. The Bertz CT molecular complexity index is 846. The topological polar surface area (TPSA) is 56.3 Å². The van der Waals surface area contributed by atoms with Crippen LogP contribution in [0.25, 0.3) is 0 Å². The fourth-order valence-electron chi connectivity index (χ4n) is 5.46. The monoisotopic (exact) mass is 483 g/mol. The quantitative estimate of drug-likeness (QED) is 0.615. The summed E-state index contributed by atoms with van der Waals surface area (Å²) in [5, 5.41) is 10.4. The molecule has 6 nitrogen and oxygen atoms in total. The maximum atomic E-state index is 13.1. The van der Waals surface area contributed by atoms with E-state index in [4.69, 9.17) is 4.74 Å². The summed E-state index contributed by atoms with van der Waals surface area (Å²) >= 11 is 0. The van der Waals surface area contributed by atoms with Gasteiger partial charge in [0.05, 0.1) is 24.3 Å². The number of aliphatic hydroxyl groups is 1. The van der Waals surface area contributed by atoms with E-state index >= 15 is 0 Å². The number of ether oxygens (including phenoxy) is 1. The van der Waals surface area contributed by atoms with Crippen molar-refractivity contribution in [3.8, 4) is 0 Å². The molecule has 0 aromatic heterocycles. The molecule has 1 spiro atoms. The molecule has 4 rings (SSSR count). The van der Waals surface area contributed by atoms with Gasteiger partial charge in [0.25, 0.3) is 0 Å². The number of aliphatic hydroxyl groups excluding tert-OH is 1. The fraction of sp³-hybridized carbons (Fsp3) is 0.720. The molecular weight excluding hydrogens is 447 g/mol. The SMILES string of the molecule is COC[C@H](CCCN1CCC2(CC2)C(O)C1)N1CCN(c2cccc(C(F)(F)F)c2)CCC1=O. The van der Waals surface area contributed by atoms with Crippen LogP contribution >= 0.6 is 0 Å². The van der Waals surface area contributed by atoms with Crippen molar-refractivity contribution in [3.05, 3.63) is 29.8 Å². The van der Waals surface area contributed by atoms with Gasteiger partial charge in [-0.05, 0) is 68.8 Å². The van der Waals surface area contributed by atoms with Gasteiger partial charge >= 0.3 is 6.18 Å². The summed E-state index contributed by atoms with van der Waals surface area (Å²) in [5.41, 5.74) is 0.00830. The molecular formula is C25H36F3N3O3. The van der Waals surface area contributed by atoms with Crippen LogP contribution in [0.3, 0.4) is 0 Å². The number of piperidine rings is 1. The van der Waals surface area contributed by atoms with Gasteiger partial charge in [0, 0.05) is 45.4 Å². The van der Waals surface area contributed by atoms with Gasteiger partial charge in [-0.2, -0.15) is 13.2 Å². The van der Waals surface area contributed by atoms with Crippen molar-refractivity contribution in [3.63, 3.8) is 0 Å². The van der Waals surface area contributed by atoms with E-state index in [9.17, 15) is 23.1 Å². The molecule has 0 bridgehead atoms. The minimum absolute atomic E-state index is 0.0144. The number of hydrogen-bond donors (Lipinski definition) is 1. The molecule has 2 saturated heterocycles. The number of alkyl halides is 3. The van der Waals surface area contributed by atoms with Gasteiger partial charge in [0.2, 0.25) is 5.91 Å². The average Bonchev–Trinajstić information content (AvgIpc) is 3.60. The largest absolute Gasteiger partial charge is 0.416 e. The first-order valence-electron chi connectivity index (χ1n) is 12.3. The molecule has 2 heterocycles. The standard InChI is InChI=1S/C25H36F3N3O3/c1-34-18-21(6-3-11-29-13-10-24(8-9-24)22(32)17-29)31-15-14-30(12-7-23(31)33)20-5-2-4-19(16-20)25(26,27)28/h2,4-5,16,21-22,32H,3,6-15,17-18H2,1H3/t21-,22?/m0/s1. The number of amides is 1. The van der Waals surface area contributed by atoms with Crippen molar-refractivity contribution >= 4 is 11.6 Å². The number of benzene rings is 1. The molecule has 1 saturated carbocycles. The Hall–Kier alpha value is -1.84. The van der Waals surface area contributed by atoms with Crippen LogP contribution in [-0.4, -0.2) is 85.9 Å².